The van der Waals surface area contributed by atoms with Gasteiger partial charge in [0.1, 0.15) is 12.2 Å². The van der Waals surface area contributed by atoms with Crippen LogP contribution in [0.25, 0.3) is 0 Å². The molecule has 30 heavy (non-hydrogen) atoms. The van der Waals surface area contributed by atoms with Gasteiger partial charge >= 0.3 is 5.97 Å². The van der Waals surface area contributed by atoms with Crippen molar-refractivity contribution in [3.63, 3.8) is 0 Å². The monoisotopic (exact) mass is 408 g/mol. The Kier molecular flexibility index (Phi) is 4.82. The Hall–Kier alpha value is -2.73. The number of ether oxygens (including phenoxy) is 3. The van der Waals surface area contributed by atoms with Crippen LogP contribution >= 0.6 is 0 Å². The molecule has 0 radical (unpaired) electrons. The van der Waals surface area contributed by atoms with Crippen molar-refractivity contribution in [3.8, 4) is 11.5 Å². The standard InChI is InChI=1S/C24H28N2O4/c1-26-12-4-9-24-10-8-18(29-23(27)16-5-3-11-25-14-16)13-20(24)30-22-19(28-2)7-6-17(15-26)21(22)24/h3,6-8,10-11,14,18,20,25H,4-5,9,12-13,15H2,1-2H3/t18-,20-,24+/m0/s1. The summed E-state index contributed by atoms with van der Waals surface area (Å²) in [6.07, 6.45) is 12.7. The minimum atomic E-state index is -0.295. The van der Waals surface area contributed by atoms with Gasteiger partial charge in [-0.15, -0.1) is 0 Å². The first-order valence-corrected chi connectivity index (χ1v) is 10.7. The first-order chi connectivity index (χ1) is 14.6. The largest absolute Gasteiger partial charge is 0.493 e. The molecule has 1 spiro atoms. The van der Waals surface area contributed by atoms with Gasteiger partial charge in [-0.1, -0.05) is 18.2 Å². The molecular formula is C24H28N2O4. The van der Waals surface area contributed by atoms with Crippen molar-refractivity contribution in [1.82, 2.24) is 10.2 Å². The van der Waals surface area contributed by atoms with Gasteiger partial charge in [0, 0.05) is 31.1 Å². The lowest BCUT2D eigenvalue weighted by atomic mass is 9.67. The number of nitrogens with zero attached hydrogens (tertiary/aromatic N) is 1. The highest BCUT2D eigenvalue weighted by atomic mass is 16.6. The molecule has 1 aromatic carbocycles. The van der Waals surface area contributed by atoms with Crippen LogP contribution in [0.2, 0.25) is 0 Å². The third kappa shape index (κ3) is 3.10. The molecule has 0 amide bonds. The van der Waals surface area contributed by atoms with Gasteiger partial charge in [-0.2, -0.15) is 0 Å². The number of allylic oxidation sites excluding steroid dienone is 1. The van der Waals surface area contributed by atoms with Gasteiger partial charge < -0.3 is 24.4 Å². The number of dihydropyridines is 1. The molecule has 0 bridgehead atoms. The predicted octanol–water partition coefficient (Wildman–Crippen LogP) is 3.18. The maximum absolute atomic E-state index is 12.6. The summed E-state index contributed by atoms with van der Waals surface area (Å²) >= 11 is 0. The number of carbonyl (C=O) groups is 1. The van der Waals surface area contributed by atoms with Gasteiger partial charge in [0.2, 0.25) is 0 Å². The second-order valence-corrected chi connectivity index (χ2v) is 8.60. The van der Waals surface area contributed by atoms with Gasteiger partial charge in [0.05, 0.1) is 18.1 Å². The second-order valence-electron chi connectivity index (χ2n) is 8.60. The fraction of sp³-hybridized carbons (Fsp3) is 0.458. The lowest BCUT2D eigenvalue weighted by molar-refractivity contribution is -0.143. The van der Waals surface area contributed by atoms with E-state index >= 15 is 0 Å². The second kappa shape index (κ2) is 7.51. The van der Waals surface area contributed by atoms with Crippen LogP contribution in [0.3, 0.4) is 0 Å². The number of carbonyl (C=O) groups excluding carboxylic acids is 1. The fourth-order valence-corrected chi connectivity index (χ4v) is 5.24. The maximum Gasteiger partial charge on any atom is 0.336 e. The van der Waals surface area contributed by atoms with Crippen LogP contribution in [-0.2, 0) is 21.5 Å². The molecule has 3 atom stereocenters. The van der Waals surface area contributed by atoms with Crippen LogP contribution in [-0.4, -0.2) is 43.8 Å². The van der Waals surface area contributed by atoms with Crippen LogP contribution in [0, 0.1) is 0 Å². The van der Waals surface area contributed by atoms with Crippen molar-refractivity contribution in [3.05, 3.63) is 59.5 Å². The van der Waals surface area contributed by atoms with Crippen LogP contribution in [0.4, 0.5) is 0 Å². The number of hydrogen-bond acceptors (Lipinski definition) is 6. The Bertz CT molecular complexity index is 951. The molecule has 158 valence electrons. The van der Waals surface area contributed by atoms with Gasteiger partial charge in [0.15, 0.2) is 11.5 Å². The smallest absolute Gasteiger partial charge is 0.336 e. The highest BCUT2D eigenvalue weighted by molar-refractivity contribution is 5.89. The summed E-state index contributed by atoms with van der Waals surface area (Å²) < 4.78 is 18.0. The van der Waals surface area contributed by atoms with E-state index in [1.165, 1.54) is 11.1 Å². The molecule has 1 aromatic rings. The number of esters is 1. The summed E-state index contributed by atoms with van der Waals surface area (Å²) in [5.74, 6) is 1.36. The SMILES string of the molecule is COc1ccc2c3c1O[C@H]1C[C@@H](OC(=O)C4=CNC=CC4)C=C[C@@]31CCCN(C)C2. The average Bonchev–Trinajstić information content (AvgIpc) is 3.08. The minimum Gasteiger partial charge on any atom is -0.493 e. The Balaban J connectivity index is 1.46. The zero-order valence-corrected chi connectivity index (χ0v) is 17.5. The van der Waals surface area contributed by atoms with E-state index in [2.05, 4.69) is 35.5 Å². The first kappa shape index (κ1) is 19.2. The van der Waals surface area contributed by atoms with E-state index < -0.39 is 0 Å². The topological polar surface area (TPSA) is 60.0 Å². The number of rotatable bonds is 3. The molecule has 3 aliphatic heterocycles. The molecule has 0 saturated carbocycles. The van der Waals surface area contributed by atoms with Crippen molar-refractivity contribution in [1.29, 1.82) is 0 Å². The lowest BCUT2D eigenvalue weighted by Crippen LogP contribution is -2.44. The van der Waals surface area contributed by atoms with Crippen molar-refractivity contribution in [2.75, 3.05) is 20.7 Å². The molecule has 5 rings (SSSR count). The lowest BCUT2D eigenvalue weighted by Gasteiger charge is -2.39. The summed E-state index contributed by atoms with van der Waals surface area (Å²) in [4.78, 5) is 14.9. The molecule has 0 fully saturated rings. The zero-order valence-electron chi connectivity index (χ0n) is 17.5. The van der Waals surface area contributed by atoms with Crippen LogP contribution in [0.5, 0.6) is 11.5 Å². The van der Waals surface area contributed by atoms with Crippen LogP contribution < -0.4 is 14.8 Å². The van der Waals surface area contributed by atoms with Crippen molar-refractivity contribution in [2.45, 2.75) is 49.9 Å². The highest BCUT2D eigenvalue weighted by Gasteiger charge is 2.52. The Morgan fingerprint density at radius 2 is 2.27 bits per heavy atom. The number of methoxy groups -OCH3 is 1. The summed E-state index contributed by atoms with van der Waals surface area (Å²) in [5.41, 5.74) is 3.00. The van der Waals surface area contributed by atoms with E-state index in [0.717, 1.165) is 37.4 Å². The zero-order chi connectivity index (χ0) is 20.7. The Morgan fingerprint density at radius 1 is 1.37 bits per heavy atom. The first-order valence-electron chi connectivity index (χ1n) is 10.7. The summed E-state index contributed by atoms with van der Waals surface area (Å²) in [7, 11) is 3.85. The van der Waals surface area contributed by atoms with Crippen molar-refractivity contribution < 1.29 is 19.0 Å². The Morgan fingerprint density at radius 3 is 3.07 bits per heavy atom. The molecule has 4 aliphatic rings. The molecule has 0 unspecified atom stereocenters. The third-order valence-corrected chi connectivity index (χ3v) is 6.68. The van der Waals surface area contributed by atoms with E-state index in [1.807, 2.05) is 18.3 Å². The quantitative estimate of drug-likeness (QED) is 0.612. The normalized spacial score (nSPS) is 29.5. The van der Waals surface area contributed by atoms with Crippen LogP contribution in [0.1, 0.15) is 36.8 Å². The summed E-state index contributed by atoms with van der Waals surface area (Å²) in [5, 5.41) is 2.96. The summed E-state index contributed by atoms with van der Waals surface area (Å²) in [6.45, 7) is 1.95. The molecular weight excluding hydrogens is 380 g/mol. The summed E-state index contributed by atoms with van der Waals surface area (Å²) in [6, 6.07) is 4.18. The van der Waals surface area contributed by atoms with E-state index in [1.54, 1.807) is 13.3 Å². The molecule has 6 nitrogen and oxygen atoms in total. The van der Waals surface area contributed by atoms with Gasteiger partial charge in [-0.05, 0) is 50.3 Å². The molecule has 0 aromatic heterocycles. The molecule has 1 aliphatic carbocycles. The minimum absolute atomic E-state index is 0.0629. The molecule has 0 saturated heterocycles. The van der Waals surface area contributed by atoms with Crippen molar-refractivity contribution in [2.24, 2.45) is 0 Å². The van der Waals surface area contributed by atoms with Gasteiger partial charge in [-0.3, -0.25) is 0 Å². The molecule has 6 heteroatoms. The van der Waals surface area contributed by atoms with Crippen LogP contribution in [0.15, 0.2) is 48.3 Å². The molecule has 3 heterocycles. The van der Waals surface area contributed by atoms with Gasteiger partial charge in [-0.25, -0.2) is 4.79 Å². The Labute approximate surface area is 177 Å². The fourth-order valence-electron chi connectivity index (χ4n) is 5.24. The average molecular weight is 408 g/mol. The third-order valence-electron chi connectivity index (χ3n) is 6.68. The van der Waals surface area contributed by atoms with E-state index in [4.69, 9.17) is 14.2 Å². The maximum atomic E-state index is 12.6. The predicted molar refractivity (Wildman–Crippen MR) is 113 cm³/mol. The number of benzene rings is 1. The number of nitrogens with one attached hydrogen (secondary N) is 1. The van der Waals surface area contributed by atoms with Crippen molar-refractivity contribution >= 4 is 5.97 Å². The van der Waals surface area contributed by atoms with E-state index in [-0.39, 0.29) is 23.6 Å². The van der Waals surface area contributed by atoms with E-state index in [0.29, 0.717) is 18.4 Å². The molecule has 1 N–H and O–H groups in total. The highest BCUT2D eigenvalue weighted by Crippen LogP contribution is 2.55. The van der Waals surface area contributed by atoms with Gasteiger partial charge in [0.25, 0.3) is 0 Å². The van der Waals surface area contributed by atoms with E-state index in [9.17, 15) is 4.79 Å². The number of hydrogen-bond donors (Lipinski definition) is 1.